The lowest BCUT2D eigenvalue weighted by Crippen LogP contribution is -2.07. The van der Waals surface area contributed by atoms with Crippen molar-refractivity contribution in [3.05, 3.63) is 54.6 Å². The number of anilines is 1. The van der Waals surface area contributed by atoms with Crippen molar-refractivity contribution in [2.75, 3.05) is 5.32 Å². The molecule has 0 aliphatic carbocycles. The Kier molecular flexibility index (Phi) is 4.58. The number of carbonyl (C=O) groups is 1. The summed E-state index contributed by atoms with van der Waals surface area (Å²) in [5.41, 5.74) is 0.991. The highest BCUT2D eigenvalue weighted by Gasteiger charge is 2.07. The third-order valence-corrected chi connectivity index (χ3v) is 3.11. The minimum Gasteiger partial charge on any atom is -0.297 e. The maximum Gasteiger partial charge on any atom is 0.250 e. The predicted molar refractivity (Wildman–Crippen MR) is 77.9 cm³/mol. The van der Waals surface area contributed by atoms with Gasteiger partial charge in [-0.3, -0.25) is 10.1 Å². The summed E-state index contributed by atoms with van der Waals surface area (Å²) in [7, 11) is 0. The molecule has 0 atom stereocenters. The molecular weight excluding hydrogens is 258 g/mol. The van der Waals surface area contributed by atoms with Gasteiger partial charge in [0.1, 0.15) is 5.01 Å². The van der Waals surface area contributed by atoms with Crippen LogP contribution in [0.1, 0.15) is 6.92 Å². The fraction of sp³-hybridized carbons (Fsp3) is 0.0714. The first-order valence-corrected chi connectivity index (χ1v) is 6.60. The molecule has 0 radical (unpaired) electrons. The van der Waals surface area contributed by atoms with Crippen molar-refractivity contribution in [2.24, 2.45) is 0 Å². The Morgan fingerprint density at radius 1 is 1.21 bits per heavy atom. The van der Waals surface area contributed by atoms with Crippen molar-refractivity contribution in [3.63, 3.8) is 0 Å². The maximum absolute atomic E-state index is 11.5. The highest BCUT2D eigenvalue weighted by molar-refractivity contribution is 7.18. The van der Waals surface area contributed by atoms with Crippen LogP contribution in [0.2, 0.25) is 0 Å². The summed E-state index contributed by atoms with van der Waals surface area (Å²) in [4.78, 5) is 11.5. The highest BCUT2D eigenvalue weighted by atomic mass is 32.1. The van der Waals surface area contributed by atoms with E-state index < -0.39 is 0 Å². The number of carbonyl (C=O) groups excluding carboxylic acids is 1. The standard InChI is InChI=1S/C14H13N3OS/c1-2-3-5-10-12(18)15-14-17-16-13(19-14)11-8-6-4-7-9-11/h2-10H,1H3,(H,15,17,18)/b3-2+,10-5+. The number of hydrogen-bond donors (Lipinski definition) is 1. The van der Waals surface area contributed by atoms with E-state index in [9.17, 15) is 4.79 Å². The second kappa shape index (κ2) is 6.61. The van der Waals surface area contributed by atoms with E-state index in [2.05, 4.69) is 15.5 Å². The van der Waals surface area contributed by atoms with Crippen molar-refractivity contribution < 1.29 is 4.79 Å². The van der Waals surface area contributed by atoms with Crippen LogP contribution in [0, 0.1) is 0 Å². The Hall–Kier alpha value is -2.27. The van der Waals surface area contributed by atoms with E-state index in [1.807, 2.05) is 43.3 Å². The molecule has 0 spiro atoms. The van der Waals surface area contributed by atoms with Crippen molar-refractivity contribution in [3.8, 4) is 10.6 Å². The molecule has 0 unspecified atom stereocenters. The molecule has 1 aromatic carbocycles. The van der Waals surface area contributed by atoms with Crippen LogP contribution in [-0.4, -0.2) is 16.1 Å². The number of amides is 1. The smallest absolute Gasteiger partial charge is 0.250 e. The summed E-state index contributed by atoms with van der Waals surface area (Å²) < 4.78 is 0. The molecule has 1 aromatic heterocycles. The molecule has 1 amide bonds. The van der Waals surface area contributed by atoms with Gasteiger partial charge in [0.05, 0.1) is 0 Å². The molecule has 1 N–H and O–H groups in total. The molecule has 0 aliphatic heterocycles. The van der Waals surface area contributed by atoms with Gasteiger partial charge in [-0.05, 0) is 6.92 Å². The third kappa shape index (κ3) is 3.86. The van der Waals surface area contributed by atoms with E-state index in [4.69, 9.17) is 0 Å². The largest absolute Gasteiger partial charge is 0.297 e. The third-order valence-electron chi connectivity index (χ3n) is 2.23. The zero-order valence-corrected chi connectivity index (χ0v) is 11.2. The number of nitrogens with zero attached hydrogens (tertiary/aromatic N) is 2. The zero-order chi connectivity index (χ0) is 13.5. The Morgan fingerprint density at radius 2 is 2.00 bits per heavy atom. The Bertz CT molecular complexity index is 602. The van der Waals surface area contributed by atoms with Crippen LogP contribution in [0.15, 0.2) is 54.6 Å². The number of rotatable bonds is 4. The maximum atomic E-state index is 11.5. The normalized spacial score (nSPS) is 11.2. The summed E-state index contributed by atoms with van der Waals surface area (Å²) in [6.07, 6.45) is 6.76. The molecule has 2 aromatic rings. The number of allylic oxidation sites excluding steroid dienone is 3. The Morgan fingerprint density at radius 3 is 2.74 bits per heavy atom. The van der Waals surface area contributed by atoms with Gasteiger partial charge in [-0.2, -0.15) is 0 Å². The Balaban J connectivity index is 2.04. The van der Waals surface area contributed by atoms with E-state index in [0.717, 1.165) is 10.6 Å². The fourth-order valence-electron chi connectivity index (χ4n) is 1.37. The molecular formula is C14H13N3OS. The Labute approximate surface area is 115 Å². The summed E-state index contributed by atoms with van der Waals surface area (Å²) >= 11 is 1.35. The molecule has 2 rings (SSSR count). The van der Waals surface area contributed by atoms with E-state index in [0.29, 0.717) is 5.13 Å². The zero-order valence-electron chi connectivity index (χ0n) is 10.4. The SMILES string of the molecule is C/C=C/C=C/C(=O)Nc1nnc(-c2ccccc2)s1. The lowest BCUT2D eigenvalue weighted by atomic mass is 10.2. The minimum atomic E-state index is -0.214. The summed E-state index contributed by atoms with van der Waals surface area (Å²) in [6.45, 7) is 1.89. The fourth-order valence-corrected chi connectivity index (χ4v) is 2.12. The topological polar surface area (TPSA) is 54.9 Å². The minimum absolute atomic E-state index is 0.214. The van der Waals surface area contributed by atoms with E-state index in [1.54, 1.807) is 12.2 Å². The van der Waals surface area contributed by atoms with Crippen LogP contribution in [0.4, 0.5) is 5.13 Å². The van der Waals surface area contributed by atoms with Gasteiger partial charge in [0.25, 0.3) is 0 Å². The lowest BCUT2D eigenvalue weighted by molar-refractivity contribution is -0.111. The van der Waals surface area contributed by atoms with Crippen molar-refractivity contribution in [1.29, 1.82) is 0 Å². The second-order valence-corrected chi connectivity index (χ2v) is 4.63. The lowest BCUT2D eigenvalue weighted by Gasteiger charge is -1.93. The first-order valence-electron chi connectivity index (χ1n) is 5.79. The van der Waals surface area contributed by atoms with Crippen molar-refractivity contribution >= 4 is 22.4 Å². The summed E-state index contributed by atoms with van der Waals surface area (Å²) in [5.74, 6) is -0.214. The number of aromatic nitrogens is 2. The average Bonchev–Trinajstić information content (AvgIpc) is 2.88. The second-order valence-electron chi connectivity index (χ2n) is 3.65. The first-order chi connectivity index (χ1) is 9.29. The van der Waals surface area contributed by atoms with Crippen LogP contribution in [0.5, 0.6) is 0 Å². The molecule has 96 valence electrons. The average molecular weight is 271 g/mol. The van der Waals surface area contributed by atoms with Crippen LogP contribution in [-0.2, 0) is 4.79 Å². The van der Waals surface area contributed by atoms with Gasteiger partial charge in [-0.15, -0.1) is 10.2 Å². The monoisotopic (exact) mass is 271 g/mol. The number of nitrogens with one attached hydrogen (secondary N) is 1. The van der Waals surface area contributed by atoms with Gasteiger partial charge in [-0.1, -0.05) is 59.9 Å². The molecule has 4 nitrogen and oxygen atoms in total. The van der Waals surface area contributed by atoms with Gasteiger partial charge < -0.3 is 0 Å². The van der Waals surface area contributed by atoms with Gasteiger partial charge in [0.2, 0.25) is 11.0 Å². The van der Waals surface area contributed by atoms with Gasteiger partial charge in [0.15, 0.2) is 0 Å². The van der Waals surface area contributed by atoms with Gasteiger partial charge in [0, 0.05) is 11.6 Å². The molecule has 5 heteroatoms. The van der Waals surface area contributed by atoms with E-state index >= 15 is 0 Å². The van der Waals surface area contributed by atoms with Crippen molar-refractivity contribution in [1.82, 2.24) is 10.2 Å². The molecule has 0 saturated carbocycles. The van der Waals surface area contributed by atoms with Gasteiger partial charge >= 0.3 is 0 Å². The summed E-state index contributed by atoms with van der Waals surface area (Å²) in [6, 6.07) is 9.74. The molecule has 0 saturated heterocycles. The number of hydrogen-bond acceptors (Lipinski definition) is 4. The van der Waals surface area contributed by atoms with E-state index in [1.165, 1.54) is 17.4 Å². The van der Waals surface area contributed by atoms with Crippen LogP contribution in [0.3, 0.4) is 0 Å². The molecule has 19 heavy (non-hydrogen) atoms. The van der Waals surface area contributed by atoms with Crippen LogP contribution < -0.4 is 5.32 Å². The van der Waals surface area contributed by atoms with Crippen molar-refractivity contribution in [2.45, 2.75) is 6.92 Å². The predicted octanol–water partition coefficient (Wildman–Crippen LogP) is 3.28. The summed E-state index contributed by atoms with van der Waals surface area (Å²) in [5, 5.41) is 12.0. The molecule has 0 fully saturated rings. The molecule has 1 heterocycles. The molecule has 0 bridgehead atoms. The first kappa shape index (κ1) is 13.2. The highest BCUT2D eigenvalue weighted by Crippen LogP contribution is 2.25. The quantitative estimate of drug-likeness (QED) is 0.686. The van der Waals surface area contributed by atoms with E-state index in [-0.39, 0.29) is 5.91 Å². The number of benzene rings is 1. The molecule has 0 aliphatic rings. The van der Waals surface area contributed by atoms with Crippen LogP contribution in [0.25, 0.3) is 10.6 Å². The van der Waals surface area contributed by atoms with Gasteiger partial charge in [-0.25, -0.2) is 0 Å². The van der Waals surface area contributed by atoms with Crippen LogP contribution >= 0.6 is 11.3 Å².